The van der Waals surface area contributed by atoms with Crippen molar-refractivity contribution in [3.63, 3.8) is 0 Å². The van der Waals surface area contributed by atoms with E-state index in [4.69, 9.17) is 0 Å². The van der Waals surface area contributed by atoms with Gasteiger partial charge in [0.2, 0.25) is 5.88 Å². The van der Waals surface area contributed by atoms with Gasteiger partial charge in [0.05, 0.1) is 0 Å². The summed E-state index contributed by atoms with van der Waals surface area (Å²) in [6.45, 7) is 4.23. The van der Waals surface area contributed by atoms with Crippen molar-refractivity contribution in [2.75, 3.05) is 0 Å². The lowest BCUT2D eigenvalue weighted by molar-refractivity contribution is 0.453. The fourth-order valence-electron chi connectivity index (χ4n) is 2.21. The van der Waals surface area contributed by atoms with E-state index in [0.717, 1.165) is 23.4 Å². The molecule has 5 heteroatoms. The van der Waals surface area contributed by atoms with E-state index in [1.165, 1.54) is 0 Å². The lowest BCUT2D eigenvalue weighted by atomic mass is 10.1. The smallest absolute Gasteiger partial charge is 0.237 e. The highest BCUT2D eigenvalue weighted by Gasteiger charge is 2.15. The first-order chi connectivity index (χ1) is 9.63. The third-order valence-electron chi connectivity index (χ3n) is 3.09. The van der Waals surface area contributed by atoms with Gasteiger partial charge in [-0.15, -0.1) is 0 Å². The molecule has 0 spiro atoms. The van der Waals surface area contributed by atoms with Crippen molar-refractivity contribution in [2.24, 2.45) is 10.9 Å². The van der Waals surface area contributed by atoms with Crippen LogP contribution in [0.5, 0.6) is 5.88 Å². The number of aromatic hydroxyl groups is 1. The highest BCUT2D eigenvalue weighted by atomic mass is 16.3. The summed E-state index contributed by atoms with van der Waals surface area (Å²) in [5, 5.41) is 9.91. The van der Waals surface area contributed by atoms with Crippen LogP contribution >= 0.6 is 0 Å². The molecule has 102 valence electrons. The predicted molar refractivity (Wildman–Crippen MR) is 79.1 cm³/mol. The molecule has 2 N–H and O–H groups in total. The van der Waals surface area contributed by atoms with Crippen LogP contribution in [-0.4, -0.2) is 26.3 Å². The van der Waals surface area contributed by atoms with E-state index in [9.17, 15) is 5.11 Å². The Kier molecular flexibility index (Phi) is 3.10. The van der Waals surface area contributed by atoms with Crippen LogP contribution in [0.25, 0.3) is 11.6 Å². The maximum atomic E-state index is 9.91. The number of allylic oxidation sites excluding steroid dienone is 1. The molecule has 1 aliphatic rings. The summed E-state index contributed by atoms with van der Waals surface area (Å²) in [6, 6.07) is 3.84. The minimum Gasteiger partial charge on any atom is -0.492 e. The topological polar surface area (TPSA) is 74.2 Å². The number of rotatable bonds is 3. The van der Waals surface area contributed by atoms with Crippen molar-refractivity contribution >= 4 is 23.7 Å². The predicted octanol–water partition coefficient (Wildman–Crippen LogP) is 2.97. The van der Waals surface area contributed by atoms with Crippen molar-refractivity contribution in [3.8, 4) is 5.88 Å². The molecule has 0 amide bonds. The highest BCUT2D eigenvalue weighted by molar-refractivity contribution is 6.20. The molecule has 0 bridgehead atoms. The fourth-order valence-corrected chi connectivity index (χ4v) is 2.21. The molecule has 0 radical (unpaired) electrons. The summed E-state index contributed by atoms with van der Waals surface area (Å²) >= 11 is 0. The van der Waals surface area contributed by atoms with Crippen molar-refractivity contribution in [1.29, 1.82) is 0 Å². The van der Waals surface area contributed by atoms with Crippen molar-refractivity contribution < 1.29 is 5.11 Å². The largest absolute Gasteiger partial charge is 0.492 e. The number of hydrogen-bond donors (Lipinski definition) is 2. The van der Waals surface area contributed by atoms with E-state index in [1.54, 1.807) is 12.4 Å². The molecule has 0 saturated carbocycles. The molecule has 5 nitrogen and oxygen atoms in total. The number of aromatic amines is 1. The zero-order valence-electron chi connectivity index (χ0n) is 11.5. The summed E-state index contributed by atoms with van der Waals surface area (Å²) in [7, 11) is 0. The standard InChI is InChI=1S/C15H16N4O/c1-9(2)6-13-18-12(15(20)19-13)7-10-8-17-14-11(10)4-3-5-16-14/h3-5,7-9,20H,6H2,1-2H3,(H,18,19). The zero-order valence-corrected chi connectivity index (χ0v) is 11.5. The summed E-state index contributed by atoms with van der Waals surface area (Å²) in [4.78, 5) is 15.7. The molecule has 20 heavy (non-hydrogen) atoms. The molecule has 3 heterocycles. The fraction of sp³-hybridized carbons (Fsp3) is 0.267. The molecule has 0 saturated heterocycles. The van der Waals surface area contributed by atoms with Gasteiger partial charge in [0.25, 0.3) is 0 Å². The minimum absolute atomic E-state index is 0.0268. The zero-order chi connectivity index (χ0) is 14.1. The van der Waals surface area contributed by atoms with Crippen LogP contribution in [0.4, 0.5) is 5.82 Å². The Balaban J connectivity index is 1.94. The lowest BCUT2D eigenvalue weighted by Gasteiger charge is -1.99. The van der Waals surface area contributed by atoms with Crippen LogP contribution in [0.2, 0.25) is 0 Å². The number of nitrogens with zero attached hydrogens (tertiary/aromatic N) is 3. The van der Waals surface area contributed by atoms with Crippen LogP contribution in [0.15, 0.2) is 23.3 Å². The molecule has 0 unspecified atom stereocenters. The van der Waals surface area contributed by atoms with Crippen molar-refractivity contribution in [2.45, 2.75) is 20.3 Å². The number of aromatic nitrogens is 3. The highest BCUT2D eigenvalue weighted by Crippen LogP contribution is 2.31. The Morgan fingerprint density at radius 3 is 3.05 bits per heavy atom. The lowest BCUT2D eigenvalue weighted by Crippen LogP contribution is -1.95. The summed E-state index contributed by atoms with van der Waals surface area (Å²) in [5.41, 5.74) is 2.49. The normalized spacial score (nSPS) is 15.2. The second-order valence-electron chi connectivity index (χ2n) is 5.25. The van der Waals surface area contributed by atoms with Crippen LogP contribution in [-0.2, 0) is 6.42 Å². The van der Waals surface area contributed by atoms with Crippen LogP contribution in [0, 0.1) is 5.92 Å². The maximum Gasteiger partial charge on any atom is 0.237 e. The molecule has 2 aromatic rings. The van der Waals surface area contributed by atoms with Gasteiger partial charge >= 0.3 is 0 Å². The van der Waals surface area contributed by atoms with Crippen LogP contribution < -0.4 is 0 Å². The molecule has 3 rings (SSSR count). The summed E-state index contributed by atoms with van der Waals surface area (Å²) in [5.74, 6) is 2.02. The average Bonchev–Trinajstić information content (AvgIpc) is 2.95. The monoisotopic (exact) mass is 268 g/mol. The van der Waals surface area contributed by atoms with E-state index in [1.807, 2.05) is 18.2 Å². The summed E-state index contributed by atoms with van der Waals surface area (Å²) < 4.78 is 0. The Bertz CT molecular complexity index is 698. The van der Waals surface area contributed by atoms with E-state index in [0.29, 0.717) is 17.4 Å². The number of pyridine rings is 1. The maximum absolute atomic E-state index is 9.91. The van der Waals surface area contributed by atoms with E-state index >= 15 is 0 Å². The van der Waals surface area contributed by atoms with E-state index in [-0.39, 0.29) is 5.88 Å². The van der Waals surface area contributed by atoms with Gasteiger partial charge in [-0.2, -0.15) is 4.98 Å². The summed E-state index contributed by atoms with van der Waals surface area (Å²) in [6.07, 6.45) is 6.12. The van der Waals surface area contributed by atoms with Gasteiger partial charge < -0.3 is 10.1 Å². The molecule has 0 atom stereocenters. The molecule has 2 aromatic heterocycles. The van der Waals surface area contributed by atoms with Crippen LogP contribution in [0.1, 0.15) is 30.9 Å². The van der Waals surface area contributed by atoms with Gasteiger partial charge in [-0.25, -0.2) is 9.98 Å². The van der Waals surface area contributed by atoms with Gasteiger partial charge in [0.15, 0.2) is 5.82 Å². The number of H-pyrrole nitrogens is 1. The number of imidazole rings is 1. The molecule has 0 aliphatic carbocycles. The molecule has 0 aromatic carbocycles. The average molecular weight is 268 g/mol. The first-order valence-corrected chi connectivity index (χ1v) is 6.62. The number of nitrogens with one attached hydrogen (secondary N) is 1. The van der Waals surface area contributed by atoms with E-state index < -0.39 is 0 Å². The van der Waals surface area contributed by atoms with Gasteiger partial charge in [-0.1, -0.05) is 13.8 Å². The van der Waals surface area contributed by atoms with Crippen LogP contribution in [0.3, 0.4) is 0 Å². The Hall–Kier alpha value is -2.43. The van der Waals surface area contributed by atoms with E-state index in [2.05, 4.69) is 33.8 Å². The molecular formula is C15H16N4O. The number of hydrogen-bond acceptors (Lipinski definition) is 4. The molecule has 1 aliphatic heterocycles. The molecular weight excluding hydrogens is 252 g/mol. The first-order valence-electron chi connectivity index (χ1n) is 6.62. The molecule has 0 fully saturated rings. The van der Waals surface area contributed by atoms with Gasteiger partial charge in [-0.05, 0) is 24.1 Å². The second kappa shape index (κ2) is 4.92. The number of fused-ring (bicyclic) bond motifs is 1. The second-order valence-corrected chi connectivity index (χ2v) is 5.25. The third-order valence-corrected chi connectivity index (χ3v) is 3.09. The Morgan fingerprint density at radius 2 is 2.25 bits per heavy atom. The van der Waals surface area contributed by atoms with Gasteiger partial charge in [0, 0.05) is 30.0 Å². The Labute approximate surface area is 117 Å². The SMILES string of the molecule is CC(C)Cc1nc(O)c(C=C2C=Nc3ncccc32)[nH]1. The quantitative estimate of drug-likeness (QED) is 0.898. The van der Waals surface area contributed by atoms with Crippen molar-refractivity contribution in [3.05, 3.63) is 35.4 Å². The minimum atomic E-state index is 0.0268. The van der Waals surface area contributed by atoms with Crippen molar-refractivity contribution in [1.82, 2.24) is 15.0 Å². The Morgan fingerprint density at radius 1 is 1.40 bits per heavy atom. The van der Waals surface area contributed by atoms with Gasteiger partial charge in [-0.3, -0.25) is 0 Å². The number of aliphatic imine (C=N–C) groups is 1. The third kappa shape index (κ3) is 2.34. The first kappa shape index (κ1) is 12.6. The van der Waals surface area contributed by atoms with Gasteiger partial charge in [0.1, 0.15) is 11.5 Å².